The largest absolute Gasteiger partial charge is 0.246 e. The second kappa shape index (κ2) is 13.6. The van der Waals surface area contributed by atoms with E-state index in [1.807, 2.05) is 36.4 Å². The SMILES string of the molecule is Cc1cc(-c2ccc3ccc4c(C)cc(/C=C/c5ccccc5)nc4c3n2)c(C)cc1-c1ccc2ccc3c(C)cc(/C=C/c4ccccc4)nc3c2n1. The Labute approximate surface area is 315 Å². The number of pyridine rings is 4. The van der Waals surface area contributed by atoms with Gasteiger partial charge in [0.1, 0.15) is 0 Å². The minimum Gasteiger partial charge on any atom is -0.246 e. The molecule has 0 aliphatic carbocycles. The van der Waals surface area contributed by atoms with Crippen molar-refractivity contribution in [1.29, 1.82) is 0 Å². The zero-order valence-electron chi connectivity index (χ0n) is 30.8. The molecule has 9 rings (SSSR count). The van der Waals surface area contributed by atoms with E-state index in [-0.39, 0.29) is 0 Å². The minimum absolute atomic E-state index is 0.910. The van der Waals surface area contributed by atoms with Crippen LogP contribution in [-0.2, 0) is 0 Å². The summed E-state index contributed by atoms with van der Waals surface area (Å²) in [7, 11) is 0. The van der Waals surface area contributed by atoms with E-state index in [1.54, 1.807) is 0 Å². The second-order valence-electron chi connectivity index (χ2n) is 14.2. The van der Waals surface area contributed by atoms with Gasteiger partial charge in [-0.15, -0.1) is 0 Å². The Bertz CT molecular complexity index is 2760. The third kappa shape index (κ3) is 6.22. The molecule has 0 atom stereocenters. The van der Waals surface area contributed by atoms with Crippen molar-refractivity contribution in [3.05, 3.63) is 178 Å². The van der Waals surface area contributed by atoms with Crippen molar-refractivity contribution < 1.29 is 0 Å². The topological polar surface area (TPSA) is 51.6 Å². The zero-order valence-corrected chi connectivity index (χ0v) is 30.8. The van der Waals surface area contributed by atoms with Crippen molar-refractivity contribution in [3.8, 4) is 22.5 Å². The fourth-order valence-electron chi connectivity index (χ4n) is 7.46. The Hall–Kier alpha value is -6.78. The summed E-state index contributed by atoms with van der Waals surface area (Å²) in [5.41, 5.74) is 16.5. The van der Waals surface area contributed by atoms with Gasteiger partial charge < -0.3 is 0 Å². The number of nitrogens with zero attached hydrogens (tertiary/aromatic N) is 4. The zero-order chi connectivity index (χ0) is 36.8. The van der Waals surface area contributed by atoms with Gasteiger partial charge in [0.05, 0.1) is 44.8 Å². The van der Waals surface area contributed by atoms with Crippen molar-refractivity contribution in [1.82, 2.24) is 19.9 Å². The highest BCUT2D eigenvalue weighted by molar-refractivity contribution is 6.06. The van der Waals surface area contributed by atoms with Gasteiger partial charge in [0.2, 0.25) is 0 Å². The maximum Gasteiger partial charge on any atom is 0.0974 e. The molecule has 0 N–H and O–H groups in total. The summed E-state index contributed by atoms with van der Waals surface area (Å²) >= 11 is 0. The van der Waals surface area contributed by atoms with Gasteiger partial charge in [-0.25, -0.2) is 19.9 Å². The van der Waals surface area contributed by atoms with Crippen LogP contribution in [-0.4, -0.2) is 19.9 Å². The number of aryl methyl sites for hydroxylation is 4. The summed E-state index contributed by atoms with van der Waals surface area (Å²) in [6.45, 7) is 8.62. The highest BCUT2D eigenvalue weighted by Crippen LogP contribution is 2.35. The summed E-state index contributed by atoms with van der Waals surface area (Å²) in [4.78, 5) is 20.8. The van der Waals surface area contributed by atoms with Gasteiger partial charge in [0.25, 0.3) is 0 Å². The molecule has 5 aromatic carbocycles. The normalized spacial score (nSPS) is 11.9. The monoisotopic (exact) mass is 694 g/mol. The predicted molar refractivity (Wildman–Crippen MR) is 228 cm³/mol. The summed E-state index contributed by atoms with van der Waals surface area (Å²) in [5, 5.41) is 4.38. The van der Waals surface area contributed by atoms with Crippen LogP contribution in [0.3, 0.4) is 0 Å². The van der Waals surface area contributed by atoms with Crippen LogP contribution in [0.2, 0.25) is 0 Å². The number of hydrogen-bond donors (Lipinski definition) is 0. The molecule has 0 saturated carbocycles. The van der Waals surface area contributed by atoms with Crippen LogP contribution in [0, 0.1) is 27.7 Å². The summed E-state index contributed by atoms with van der Waals surface area (Å²) < 4.78 is 0. The van der Waals surface area contributed by atoms with Crippen LogP contribution in [0.15, 0.2) is 133 Å². The van der Waals surface area contributed by atoms with Crippen LogP contribution in [0.25, 0.3) is 90.4 Å². The smallest absolute Gasteiger partial charge is 0.0974 e. The molecule has 4 nitrogen and oxygen atoms in total. The van der Waals surface area contributed by atoms with Crippen molar-refractivity contribution in [3.63, 3.8) is 0 Å². The Kier molecular flexibility index (Phi) is 8.36. The third-order valence-corrected chi connectivity index (χ3v) is 10.3. The van der Waals surface area contributed by atoms with E-state index in [2.05, 4.69) is 149 Å². The fraction of sp³-hybridized carbons (Fsp3) is 0.0800. The van der Waals surface area contributed by atoms with Crippen molar-refractivity contribution in [2.75, 3.05) is 0 Å². The molecule has 9 aromatic rings. The lowest BCUT2D eigenvalue weighted by atomic mass is 9.95. The average molecular weight is 695 g/mol. The molecule has 4 heterocycles. The molecule has 0 unspecified atom stereocenters. The van der Waals surface area contributed by atoms with Gasteiger partial charge in [-0.2, -0.15) is 0 Å². The van der Waals surface area contributed by atoms with Crippen LogP contribution < -0.4 is 0 Å². The molecule has 0 spiro atoms. The maximum absolute atomic E-state index is 5.29. The van der Waals surface area contributed by atoms with Gasteiger partial charge in [-0.05, 0) is 110 Å². The number of fused-ring (bicyclic) bond motifs is 6. The quantitative estimate of drug-likeness (QED) is 0.163. The van der Waals surface area contributed by atoms with E-state index < -0.39 is 0 Å². The number of aromatic nitrogens is 4. The van der Waals surface area contributed by atoms with Gasteiger partial charge >= 0.3 is 0 Å². The average Bonchev–Trinajstić information content (AvgIpc) is 3.20. The van der Waals surface area contributed by atoms with E-state index in [4.69, 9.17) is 19.9 Å². The molecule has 4 heteroatoms. The number of rotatable bonds is 6. The lowest BCUT2D eigenvalue weighted by Gasteiger charge is -2.14. The van der Waals surface area contributed by atoms with Crippen LogP contribution in [0.5, 0.6) is 0 Å². The van der Waals surface area contributed by atoms with Crippen molar-refractivity contribution in [2.24, 2.45) is 0 Å². The Morgan fingerprint density at radius 3 is 1.19 bits per heavy atom. The first-order chi connectivity index (χ1) is 26.4. The maximum atomic E-state index is 5.29. The molecule has 0 fully saturated rings. The first kappa shape index (κ1) is 33.1. The van der Waals surface area contributed by atoms with E-state index in [0.717, 1.165) is 99.8 Å². The summed E-state index contributed by atoms with van der Waals surface area (Å²) in [6, 6.07) is 46.6. The molecular weight excluding hydrogens is 657 g/mol. The molecule has 0 bridgehead atoms. The van der Waals surface area contributed by atoms with Crippen molar-refractivity contribution in [2.45, 2.75) is 27.7 Å². The number of benzene rings is 5. The molecule has 0 aliphatic rings. The Balaban J connectivity index is 1.11. The van der Waals surface area contributed by atoms with E-state index in [0.29, 0.717) is 0 Å². The summed E-state index contributed by atoms with van der Waals surface area (Å²) in [5.74, 6) is 0. The molecule has 0 amide bonds. The van der Waals surface area contributed by atoms with Gasteiger partial charge in [0, 0.05) is 32.7 Å². The molecule has 258 valence electrons. The third-order valence-electron chi connectivity index (χ3n) is 10.3. The fourth-order valence-corrected chi connectivity index (χ4v) is 7.46. The van der Waals surface area contributed by atoms with Crippen LogP contribution in [0.1, 0.15) is 44.8 Å². The highest BCUT2D eigenvalue weighted by Gasteiger charge is 2.15. The predicted octanol–water partition coefficient (Wildman–Crippen LogP) is 12.8. The van der Waals surface area contributed by atoms with E-state index in [1.165, 1.54) is 11.1 Å². The molecule has 0 aliphatic heterocycles. The Morgan fingerprint density at radius 1 is 0.352 bits per heavy atom. The lowest BCUT2D eigenvalue weighted by molar-refractivity contribution is 1.30. The second-order valence-corrected chi connectivity index (χ2v) is 14.2. The van der Waals surface area contributed by atoms with Gasteiger partial charge in [-0.3, -0.25) is 0 Å². The molecule has 54 heavy (non-hydrogen) atoms. The molecule has 4 aromatic heterocycles. The summed E-state index contributed by atoms with van der Waals surface area (Å²) in [6.07, 6.45) is 8.38. The van der Waals surface area contributed by atoms with E-state index >= 15 is 0 Å². The van der Waals surface area contributed by atoms with Crippen LogP contribution in [0.4, 0.5) is 0 Å². The minimum atomic E-state index is 0.910. The van der Waals surface area contributed by atoms with Gasteiger partial charge in [-0.1, -0.05) is 109 Å². The van der Waals surface area contributed by atoms with E-state index in [9.17, 15) is 0 Å². The number of hydrogen-bond acceptors (Lipinski definition) is 4. The lowest BCUT2D eigenvalue weighted by Crippen LogP contribution is -1.96. The highest BCUT2D eigenvalue weighted by atomic mass is 14.8. The molecule has 0 saturated heterocycles. The van der Waals surface area contributed by atoms with Crippen LogP contribution >= 0.6 is 0 Å². The first-order valence-electron chi connectivity index (χ1n) is 18.4. The Morgan fingerprint density at radius 2 is 0.759 bits per heavy atom. The first-order valence-corrected chi connectivity index (χ1v) is 18.4. The standard InChI is InChI=1S/C50H38N4/c1-31-27-39(21-15-35-11-7-5-8-12-35)51-49-41(31)23-17-37-19-25-45(53-47(37)49)43-29-34(4)44(30-33(43)3)46-26-20-38-18-24-42-32(2)28-40(52-50(42)48(38)54-46)22-16-36-13-9-6-10-14-36/h5-30H,1-4H3/b21-15+,22-16+. The van der Waals surface area contributed by atoms with Gasteiger partial charge in [0.15, 0.2) is 0 Å². The van der Waals surface area contributed by atoms with Crippen molar-refractivity contribution >= 4 is 67.9 Å². The molecule has 0 radical (unpaired) electrons. The molecular formula is C50H38N4.